The van der Waals surface area contributed by atoms with Crippen LogP contribution in [0.15, 0.2) is 23.5 Å². The van der Waals surface area contributed by atoms with E-state index < -0.39 is 0 Å². The van der Waals surface area contributed by atoms with Crippen molar-refractivity contribution in [1.82, 2.24) is 4.98 Å². The fourth-order valence-electron chi connectivity index (χ4n) is 0.928. The summed E-state index contributed by atoms with van der Waals surface area (Å²) in [7, 11) is 1.97. The largest absolute Gasteiger partial charge is 0.411 e. The van der Waals surface area contributed by atoms with Crippen LogP contribution in [0.25, 0.3) is 0 Å². The van der Waals surface area contributed by atoms with E-state index in [1.54, 1.807) is 6.20 Å². The lowest BCUT2D eigenvalue weighted by Crippen LogP contribution is -2.16. The summed E-state index contributed by atoms with van der Waals surface area (Å²) in [6.07, 6.45) is 3.02. The van der Waals surface area contributed by atoms with Crippen molar-refractivity contribution in [2.45, 2.75) is 6.92 Å². The Kier molecular flexibility index (Phi) is 3.25. The highest BCUT2D eigenvalue weighted by Gasteiger charge is 1.97. The van der Waals surface area contributed by atoms with Crippen LogP contribution in [0.1, 0.15) is 12.5 Å². The topological polar surface area (TPSA) is 48.7 Å². The number of nitrogens with zero attached hydrogens (tertiary/aromatic N) is 3. The third kappa shape index (κ3) is 2.43. The molecule has 1 rings (SSSR count). The first-order chi connectivity index (χ1) is 6.27. The highest BCUT2D eigenvalue weighted by atomic mass is 16.4. The van der Waals surface area contributed by atoms with Crippen molar-refractivity contribution in [1.29, 1.82) is 0 Å². The molecule has 0 unspecified atom stereocenters. The van der Waals surface area contributed by atoms with Crippen molar-refractivity contribution < 1.29 is 5.21 Å². The van der Waals surface area contributed by atoms with E-state index >= 15 is 0 Å². The summed E-state index contributed by atoms with van der Waals surface area (Å²) in [4.78, 5) is 6.22. The van der Waals surface area contributed by atoms with Gasteiger partial charge in [-0.15, -0.1) is 0 Å². The molecule has 0 fully saturated rings. The van der Waals surface area contributed by atoms with E-state index in [-0.39, 0.29) is 0 Å². The van der Waals surface area contributed by atoms with E-state index in [1.807, 2.05) is 24.1 Å². The molecule has 0 aliphatic rings. The molecule has 0 spiro atoms. The van der Waals surface area contributed by atoms with Crippen LogP contribution in [0.4, 0.5) is 5.82 Å². The van der Waals surface area contributed by atoms with Crippen molar-refractivity contribution in [3.8, 4) is 0 Å². The van der Waals surface area contributed by atoms with Crippen molar-refractivity contribution >= 4 is 12.0 Å². The Balaban J connectivity index is 2.80. The van der Waals surface area contributed by atoms with Gasteiger partial charge in [0.1, 0.15) is 5.82 Å². The molecule has 1 heterocycles. The number of hydrogen-bond acceptors (Lipinski definition) is 4. The number of aromatic nitrogens is 1. The lowest BCUT2D eigenvalue weighted by Gasteiger charge is -2.14. The van der Waals surface area contributed by atoms with Crippen LogP contribution in [0.3, 0.4) is 0 Å². The van der Waals surface area contributed by atoms with Crippen LogP contribution in [-0.2, 0) is 0 Å². The molecule has 0 aliphatic carbocycles. The zero-order valence-electron chi connectivity index (χ0n) is 7.81. The maximum Gasteiger partial charge on any atom is 0.128 e. The van der Waals surface area contributed by atoms with Crippen molar-refractivity contribution in [2.24, 2.45) is 5.16 Å². The third-order valence-corrected chi connectivity index (χ3v) is 1.84. The molecular weight excluding hydrogens is 166 g/mol. The predicted octanol–water partition coefficient (Wildman–Crippen LogP) is 1.35. The fourth-order valence-corrected chi connectivity index (χ4v) is 0.928. The van der Waals surface area contributed by atoms with Crippen LogP contribution in [0.2, 0.25) is 0 Å². The Labute approximate surface area is 77.5 Å². The zero-order chi connectivity index (χ0) is 9.68. The molecule has 1 aromatic heterocycles. The molecule has 0 saturated heterocycles. The van der Waals surface area contributed by atoms with Gasteiger partial charge in [-0.2, -0.15) is 0 Å². The molecule has 0 saturated carbocycles. The summed E-state index contributed by atoms with van der Waals surface area (Å²) in [5.74, 6) is 0.914. The van der Waals surface area contributed by atoms with Gasteiger partial charge in [-0.25, -0.2) is 4.98 Å². The molecule has 13 heavy (non-hydrogen) atoms. The molecule has 0 bridgehead atoms. The van der Waals surface area contributed by atoms with Gasteiger partial charge in [0.15, 0.2) is 0 Å². The Morgan fingerprint density at radius 1 is 1.62 bits per heavy atom. The van der Waals surface area contributed by atoms with Gasteiger partial charge in [0, 0.05) is 25.4 Å². The van der Waals surface area contributed by atoms with Gasteiger partial charge in [0.2, 0.25) is 0 Å². The molecule has 0 aliphatic heterocycles. The van der Waals surface area contributed by atoms with Crippen LogP contribution in [0, 0.1) is 0 Å². The first-order valence-electron chi connectivity index (χ1n) is 4.12. The standard InChI is InChI=1S/C9H13N3O/c1-3-12(2)9-5-4-8(6-10-9)7-11-13/h4-7,13H,3H2,1-2H3/b11-7-. The van der Waals surface area contributed by atoms with Gasteiger partial charge in [-0.1, -0.05) is 5.16 Å². The van der Waals surface area contributed by atoms with Gasteiger partial charge >= 0.3 is 0 Å². The quantitative estimate of drug-likeness (QED) is 0.433. The van der Waals surface area contributed by atoms with Crippen molar-refractivity contribution in [3.05, 3.63) is 23.9 Å². The van der Waals surface area contributed by atoms with Gasteiger partial charge in [-0.05, 0) is 19.1 Å². The lowest BCUT2D eigenvalue weighted by molar-refractivity contribution is 0.322. The molecule has 4 heteroatoms. The number of anilines is 1. The minimum absolute atomic E-state index is 0.788. The van der Waals surface area contributed by atoms with E-state index in [0.717, 1.165) is 17.9 Å². The molecule has 1 aromatic rings. The minimum atomic E-state index is 0.788. The maximum absolute atomic E-state index is 8.28. The average molecular weight is 179 g/mol. The van der Waals surface area contributed by atoms with Gasteiger partial charge in [0.05, 0.1) is 6.21 Å². The highest BCUT2D eigenvalue weighted by molar-refractivity contribution is 5.78. The Hall–Kier alpha value is -1.58. The minimum Gasteiger partial charge on any atom is -0.411 e. The monoisotopic (exact) mass is 179 g/mol. The Morgan fingerprint density at radius 3 is 2.85 bits per heavy atom. The summed E-state index contributed by atoms with van der Waals surface area (Å²) in [5, 5.41) is 11.2. The first kappa shape index (κ1) is 9.51. The Morgan fingerprint density at radius 2 is 2.38 bits per heavy atom. The summed E-state index contributed by atoms with van der Waals surface area (Å²) in [6, 6.07) is 3.74. The van der Waals surface area contributed by atoms with Gasteiger partial charge < -0.3 is 10.1 Å². The smallest absolute Gasteiger partial charge is 0.128 e. The first-order valence-corrected chi connectivity index (χ1v) is 4.12. The molecular formula is C9H13N3O. The normalized spacial score (nSPS) is 10.6. The molecule has 1 N–H and O–H groups in total. The summed E-state index contributed by atoms with van der Waals surface area (Å²) >= 11 is 0. The second-order valence-corrected chi connectivity index (χ2v) is 2.71. The van der Waals surface area contributed by atoms with Crippen LogP contribution in [-0.4, -0.2) is 30.0 Å². The number of oxime groups is 1. The van der Waals surface area contributed by atoms with Crippen LogP contribution < -0.4 is 4.90 Å². The molecule has 0 atom stereocenters. The molecule has 0 aromatic carbocycles. The highest BCUT2D eigenvalue weighted by Crippen LogP contribution is 2.07. The third-order valence-electron chi connectivity index (χ3n) is 1.84. The van der Waals surface area contributed by atoms with E-state index in [2.05, 4.69) is 17.1 Å². The maximum atomic E-state index is 8.28. The predicted molar refractivity (Wildman–Crippen MR) is 52.6 cm³/mol. The van der Waals surface area contributed by atoms with E-state index in [4.69, 9.17) is 5.21 Å². The summed E-state index contributed by atoms with van der Waals surface area (Å²) < 4.78 is 0. The van der Waals surface area contributed by atoms with Crippen LogP contribution in [0.5, 0.6) is 0 Å². The second-order valence-electron chi connectivity index (χ2n) is 2.71. The average Bonchev–Trinajstić information content (AvgIpc) is 2.18. The second kappa shape index (κ2) is 4.45. The SMILES string of the molecule is CCN(C)c1ccc(/C=N\O)cn1. The van der Waals surface area contributed by atoms with Gasteiger partial charge in [0.25, 0.3) is 0 Å². The van der Waals surface area contributed by atoms with Gasteiger partial charge in [-0.3, -0.25) is 0 Å². The van der Waals surface area contributed by atoms with E-state index in [1.165, 1.54) is 6.21 Å². The molecule has 4 nitrogen and oxygen atoms in total. The summed E-state index contributed by atoms with van der Waals surface area (Å²) in [6.45, 7) is 2.98. The zero-order valence-corrected chi connectivity index (χ0v) is 7.81. The number of rotatable bonds is 3. The van der Waals surface area contributed by atoms with Crippen molar-refractivity contribution in [2.75, 3.05) is 18.5 Å². The number of pyridine rings is 1. The molecule has 0 amide bonds. The fraction of sp³-hybridized carbons (Fsp3) is 0.333. The van der Waals surface area contributed by atoms with Crippen molar-refractivity contribution in [3.63, 3.8) is 0 Å². The van der Waals surface area contributed by atoms with Crippen LogP contribution >= 0.6 is 0 Å². The Bertz CT molecular complexity index is 281. The molecule has 0 radical (unpaired) electrons. The van der Waals surface area contributed by atoms with E-state index in [9.17, 15) is 0 Å². The lowest BCUT2D eigenvalue weighted by atomic mass is 10.3. The summed E-state index contributed by atoms with van der Waals surface area (Å²) in [5.41, 5.74) is 0.788. The molecule has 70 valence electrons. The van der Waals surface area contributed by atoms with E-state index in [0.29, 0.717) is 0 Å². The number of hydrogen-bond donors (Lipinski definition) is 1.